The Morgan fingerprint density at radius 1 is 0.760 bits per heavy atom. The monoisotopic (exact) mass is 345 g/mol. The van der Waals surface area contributed by atoms with Gasteiger partial charge < -0.3 is 24.3 Å². The number of anilines is 1. The topological polar surface area (TPSA) is 66.0 Å². The average molecular weight is 345 g/mol. The summed E-state index contributed by atoms with van der Waals surface area (Å²) in [6.45, 7) is 3.92. The SMILES string of the molecule is COc1cc(C)c(C)cc1C(=O)Nc1cc(OC)c(OC)c(OC)c1. The molecule has 2 rings (SSSR count). The molecule has 0 aliphatic rings. The second-order valence-electron chi connectivity index (χ2n) is 5.50. The number of rotatable bonds is 6. The molecule has 134 valence electrons. The number of carbonyl (C=O) groups excluding carboxylic acids is 1. The molecule has 6 nitrogen and oxygen atoms in total. The zero-order valence-electron chi connectivity index (χ0n) is 15.4. The molecule has 0 unspecified atom stereocenters. The largest absolute Gasteiger partial charge is 0.496 e. The summed E-state index contributed by atoms with van der Waals surface area (Å²) in [6, 6.07) is 7.00. The minimum Gasteiger partial charge on any atom is -0.496 e. The molecule has 0 radical (unpaired) electrons. The molecule has 0 bridgehead atoms. The van der Waals surface area contributed by atoms with Crippen molar-refractivity contribution in [3.63, 3.8) is 0 Å². The number of hydrogen-bond acceptors (Lipinski definition) is 5. The Balaban J connectivity index is 2.40. The van der Waals surface area contributed by atoms with Crippen molar-refractivity contribution in [2.24, 2.45) is 0 Å². The molecule has 6 heteroatoms. The Morgan fingerprint density at radius 3 is 1.76 bits per heavy atom. The van der Waals surface area contributed by atoms with Crippen LogP contribution in [0.3, 0.4) is 0 Å². The van der Waals surface area contributed by atoms with Crippen LogP contribution in [-0.4, -0.2) is 34.3 Å². The van der Waals surface area contributed by atoms with E-state index < -0.39 is 0 Å². The van der Waals surface area contributed by atoms with Gasteiger partial charge in [0.05, 0.1) is 34.0 Å². The first-order valence-corrected chi connectivity index (χ1v) is 7.71. The highest BCUT2D eigenvalue weighted by atomic mass is 16.5. The molecule has 0 aliphatic heterocycles. The molecular weight excluding hydrogens is 322 g/mol. The molecule has 25 heavy (non-hydrogen) atoms. The van der Waals surface area contributed by atoms with Gasteiger partial charge in [0.2, 0.25) is 5.75 Å². The Hall–Kier alpha value is -2.89. The van der Waals surface area contributed by atoms with Gasteiger partial charge in [0.1, 0.15) is 5.75 Å². The van der Waals surface area contributed by atoms with Gasteiger partial charge in [0.25, 0.3) is 5.91 Å². The van der Waals surface area contributed by atoms with Gasteiger partial charge in [-0.15, -0.1) is 0 Å². The number of methoxy groups -OCH3 is 4. The van der Waals surface area contributed by atoms with Crippen molar-refractivity contribution < 1.29 is 23.7 Å². The van der Waals surface area contributed by atoms with Gasteiger partial charge >= 0.3 is 0 Å². The zero-order chi connectivity index (χ0) is 18.6. The smallest absolute Gasteiger partial charge is 0.259 e. The van der Waals surface area contributed by atoms with E-state index in [-0.39, 0.29) is 5.91 Å². The molecule has 0 saturated carbocycles. The highest BCUT2D eigenvalue weighted by molar-refractivity contribution is 6.06. The van der Waals surface area contributed by atoms with Gasteiger partial charge in [-0.1, -0.05) is 0 Å². The molecule has 0 aromatic heterocycles. The van der Waals surface area contributed by atoms with Gasteiger partial charge in [0.15, 0.2) is 11.5 Å². The highest BCUT2D eigenvalue weighted by Gasteiger charge is 2.18. The normalized spacial score (nSPS) is 10.2. The highest BCUT2D eigenvalue weighted by Crippen LogP contribution is 2.40. The van der Waals surface area contributed by atoms with Crippen LogP contribution in [0.15, 0.2) is 24.3 Å². The van der Waals surface area contributed by atoms with Gasteiger partial charge in [-0.2, -0.15) is 0 Å². The second kappa shape index (κ2) is 7.79. The summed E-state index contributed by atoms with van der Waals surface area (Å²) < 4.78 is 21.2. The minimum atomic E-state index is -0.283. The number of aryl methyl sites for hydroxylation is 2. The van der Waals surface area contributed by atoms with Crippen molar-refractivity contribution in [3.8, 4) is 23.0 Å². The van der Waals surface area contributed by atoms with Crippen molar-refractivity contribution in [2.45, 2.75) is 13.8 Å². The maximum atomic E-state index is 12.7. The lowest BCUT2D eigenvalue weighted by molar-refractivity contribution is 0.102. The van der Waals surface area contributed by atoms with E-state index in [4.69, 9.17) is 18.9 Å². The number of nitrogens with one attached hydrogen (secondary N) is 1. The average Bonchev–Trinajstić information content (AvgIpc) is 2.62. The maximum Gasteiger partial charge on any atom is 0.259 e. The maximum absolute atomic E-state index is 12.7. The second-order valence-corrected chi connectivity index (χ2v) is 5.50. The van der Waals surface area contributed by atoms with E-state index in [2.05, 4.69) is 5.32 Å². The van der Waals surface area contributed by atoms with Gasteiger partial charge in [-0.05, 0) is 37.1 Å². The van der Waals surface area contributed by atoms with E-state index in [1.165, 1.54) is 21.3 Å². The van der Waals surface area contributed by atoms with Gasteiger partial charge in [0, 0.05) is 17.8 Å². The van der Waals surface area contributed by atoms with Crippen LogP contribution in [0, 0.1) is 13.8 Å². The molecule has 0 saturated heterocycles. The van der Waals surface area contributed by atoms with Crippen molar-refractivity contribution in [1.29, 1.82) is 0 Å². The number of amides is 1. The summed E-state index contributed by atoms with van der Waals surface area (Å²) in [5.41, 5.74) is 3.05. The molecule has 2 aromatic rings. The summed E-state index contributed by atoms with van der Waals surface area (Å²) in [6.07, 6.45) is 0. The van der Waals surface area contributed by atoms with E-state index >= 15 is 0 Å². The molecule has 1 amide bonds. The molecule has 0 spiro atoms. The Morgan fingerprint density at radius 2 is 1.28 bits per heavy atom. The van der Waals surface area contributed by atoms with Crippen LogP contribution >= 0.6 is 0 Å². The third-order valence-corrected chi connectivity index (χ3v) is 3.98. The van der Waals surface area contributed by atoms with Crippen LogP contribution in [0.25, 0.3) is 0 Å². The van der Waals surface area contributed by atoms with Crippen LogP contribution in [0.5, 0.6) is 23.0 Å². The van der Waals surface area contributed by atoms with Crippen molar-refractivity contribution in [1.82, 2.24) is 0 Å². The van der Waals surface area contributed by atoms with Crippen LogP contribution in [0.1, 0.15) is 21.5 Å². The fourth-order valence-corrected chi connectivity index (χ4v) is 2.49. The third kappa shape index (κ3) is 3.79. The predicted molar refractivity (Wildman–Crippen MR) is 96.5 cm³/mol. The molecule has 1 N–H and O–H groups in total. The van der Waals surface area contributed by atoms with E-state index in [0.717, 1.165) is 11.1 Å². The molecule has 0 aliphatic carbocycles. The summed E-state index contributed by atoms with van der Waals surface area (Å²) in [5, 5.41) is 2.85. The fraction of sp³-hybridized carbons (Fsp3) is 0.316. The quantitative estimate of drug-likeness (QED) is 0.867. The van der Waals surface area contributed by atoms with Crippen LogP contribution in [-0.2, 0) is 0 Å². The van der Waals surface area contributed by atoms with Crippen molar-refractivity contribution >= 4 is 11.6 Å². The zero-order valence-corrected chi connectivity index (χ0v) is 15.4. The summed E-state index contributed by atoms with van der Waals surface area (Å²) >= 11 is 0. The Kier molecular flexibility index (Phi) is 5.75. The van der Waals surface area contributed by atoms with E-state index in [0.29, 0.717) is 34.2 Å². The first-order chi connectivity index (χ1) is 11.9. The number of ether oxygens (including phenoxy) is 4. The first kappa shape index (κ1) is 18.4. The Bertz CT molecular complexity index is 761. The van der Waals surface area contributed by atoms with E-state index in [9.17, 15) is 4.79 Å². The number of hydrogen-bond donors (Lipinski definition) is 1. The van der Waals surface area contributed by atoms with Crippen LogP contribution < -0.4 is 24.3 Å². The lowest BCUT2D eigenvalue weighted by Gasteiger charge is -2.16. The third-order valence-electron chi connectivity index (χ3n) is 3.98. The van der Waals surface area contributed by atoms with Crippen LogP contribution in [0.2, 0.25) is 0 Å². The van der Waals surface area contributed by atoms with Crippen LogP contribution in [0.4, 0.5) is 5.69 Å². The lowest BCUT2D eigenvalue weighted by atomic mass is 10.0. The summed E-state index contributed by atoms with van der Waals surface area (Å²) in [7, 11) is 6.11. The van der Waals surface area contributed by atoms with Crippen molar-refractivity contribution in [3.05, 3.63) is 41.0 Å². The molecular formula is C19H23NO5. The molecule has 0 atom stereocenters. The Labute approximate surface area is 147 Å². The molecule has 0 heterocycles. The number of carbonyl (C=O) groups is 1. The molecule has 0 fully saturated rings. The lowest BCUT2D eigenvalue weighted by Crippen LogP contribution is -2.14. The standard InChI is InChI=1S/C19H23NO5/c1-11-7-14(15(22-3)8-12(11)2)19(21)20-13-9-16(23-4)18(25-6)17(10-13)24-5/h7-10H,1-6H3,(H,20,21). The predicted octanol–water partition coefficient (Wildman–Crippen LogP) is 3.59. The van der Waals surface area contributed by atoms with E-state index in [1.807, 2.05) is 26.0 Å². The van der Waals surface area contributed by atoms with Gasteiger partial charge in [-0.25, -0.2) is 0 Å². The minimum absolute atomic E-state index is 0.283. The number of benzene rings is 2. The summed E-state index contributed by atoms with van der Waals surface area (Å²) in [5.74, 6) is 1.63. The summed E-state index contributed by atoms with van der Waals surface area (Å²) in [4.78, 5) is 12.7. The first-order valence-electron chi connectivity index (χ1n) is 7.71. The van der Waals surface area contributed by atoms with E-state index in [1.54, 1.807) is 19.2 Å². The van der Waals surface area contributed by atoms with Gasteiger partial charge in [-0.3, -0.25) is 4.79 Å². The molecule has 2 aromatic carbocycles. The fourth-order valence-electron chi connectivity index (χ4n) is 2.49. The van der Waals surface area contributed by atoms with Crippen molar-refractivity contribution in [2.75, 3.05) is 33.8 Å².